The molecule has 0 rings (SSSR count). The average Bonchev–Trinajstić information content (AvgIpc) is 1.98. The summed E-state index contributed by atoms with van der Waals surface area (Å²) in [5.41, 5.74) is 0.173. The summed E-state index contributed by atoms with van der Waals surface area (Å²) in [5.74, 6) is -0.448. The van der Waals surface area contributed by atoms with Crippen molar-refractivity contribution in [2.75, 3.05) is 0 Å². The number of rotatable bonds is 6. The molecule has 0 aliphatic rings. The maximum absolute atomic E-state index is 11.6. The first-order valence-electron chi connectivity index (χ1n) is 4.74. The van der Waals surface area contributed by atoms with E-state index in [1.807, 2.05) is 0 Å². The number of hydrogen-bond acceptors (Lipinski definition) is 4. The van der Waals surface area contributed by atoms with E-state index < -0.39 is 21.1 Å². The van der Waals surface area contributed by atoms with E-state index >= 15 is 0 Å². The highest BCUT2D eigenvalue weighted by molar-refractivity contribution is 7.90. The third kappa shape index (κ3) is 5.03. The van der Waals surface area contributed by atoms with Crippen LogP contribution in [0.2, 0.25) is 0 Å². The number of nitrogens with one attached hydrogen (secondary N) is 2. The van der Waals surface area contributed by atoms with Gasteiger partial charge in [0.25, 0.3) is 0 Å². The molecule has 5 nitrogen and oxygen atoms in total. The molecule has 0 fully saturated rings. The Bertz CT molecular complexity index is 346. The second-order valence-corrected chi connectivity index (χ2v) is 5.92. The lowest BCUT2D eigenvalue weighted by Gasteiger charge is -2.14. The van der Waals surface area contributed by atoms with Crippen molar-refractivity contribution < 1.29 is 13.2 Å². The van der Waals surface area contributed by atoms with E-state index in [0.29, 0.717) is 0 Å². The predicted molar refractivity (Wildman–Crippen MR) is 59.7 cm³/mol. The molecule has 2 N–H and O–H groups in total. The monoisotopic (exact) mass is 234 g/mol. The molecule has 0 saturated heterocycles. The fourth-order valence-electron chi connectivity index (χ4n) is 1.01. The molecule has 0 aromatic heterocycles. The van der Waals surface area contributed by atoms with Gasteiger partial charge in [0.1, 0.15) is 5.25 Å². The van der Waals surface area contributed by atoms with Gasteiger partial charge in [-0.15, -0.1) is 0 Å². The van der Waals surface area contributed by atoms with Crippen LogP contribution in [0.25, 0.3) is 0 Å². The minimum Gasteiger partial charge on any atom is -0.310 e. The van der Waals surface area contributed by atoms with E-state index in [9.17, 15) is 13.2 Å². The van der Waals surface area contributed by atoms with Crippen LogP contribution in [-0.2, 0) is 14.8 Å². The zero-order valence-electron chi connectivity index (χ0n) is 9.49. The lowest BCUT2D eigenvalue weighted by Crippen LogP contribution is -2.41. The van der Waals surface area contributed by atoms with Crippen molar-refractivity contribution >= 4 is 21.5 Å². The number of sulfonamides is 1. The highest BCUT2D eigenvalue weighted by Gasteiger charge is 2.27. The summed E-state index contributed by atoms with van der Waals surface area (Å²) in [5, 5.41) is 6.03. The first-order valence-corrected chi connectivity index (χ1v) is 6.29. The Morgan fingerprint density at radius 2 is 1.80 bits per heavy atom. The van der Waals surface area contributed by atoms with E-state index in [2.05, 4.69) is 4.72 Å². The number of carbonyl (C=O) groups is 1. The van der Waals surface area contributed by atoms with Crippen LogP contribution in [-0.4, -0.2) is 31.2 Å². The molecule has 0 spiro atoms. The van der Waals surface area contributed by atoms with Gasteiger partial charge >= 0.3 is 0 Å². The molecule has 15 heavy (non-hydrogen) atoms. The Morgan fingerprint density at radius 1 is 1.33 bits per heavy atom. The van der Waals surface area contributed by atoms with Crippen LogP contribution in [0.3, 0.4) is 0 Å². The van der Waals surface area contributed by atoms with Crippen LogP contribution in [0, 0.1) is 5.41 Å². The molecular weight excluding hydrogens is 216 g/mol. The van der Waals surface area contributed by atoms with Gasteiger partial charge in [-0.1, -0.05) is 0 Å². The number of Topliss-reactive ketones (excluding diaryl/α,β-unsaturated/α-hetero) is 1. The fraction of sp³-hybridized carbons (Fsp3) is 0.778. The van der Waals surface area contributed by atoms with Gasteiger partial charge in [0.15, 0.2) is 5.78 Å². The molecule has 0 aromatic carbocycles. The van der Waals surface area contributed by atoms with Crippen LogP contribution in [0.1, 0.15) is 34.1 Å². The maximum atomic E-state index is 11.6. The molecule has 1 unspecified atom stereocenters. The molecule has 0 saturated carbocycles. The first kappa shape index (κ1) is 14.2. The minimum absolute atomic E-state index is 0.111. The Morgan fingerprint density at radius 3 is 2.13 bits per heavy atom. The zero-order chi connectivity index (χ0) is 12.2. The second-order valence-electron chi connectivity index (χ2n) is 3.88. The molecule has 0 aromatic rings. The van der Waals surface area contributed by atoms with Gasteiger partial charge in [-0.2, -0.15) is 0 Å². The van der Waals surface area contributed by atoms with Crippen molar-refractivity contribution in [1.82, 2.24) is 4.72 Å². The number of carbonyl (C=O) groups excluding carboxylic acids is 1. The Labute approximate surface area is 90.8 Å². The van der Waals surface area contributed by atoms with Gasteiger partial charge < -0.3 is 5.41 Å². The van der Waals surface area contributed by atoms with Gasteiger partial charge in [0, 0.05) is 18.2 Å². The largest absolute Gasteiger partial charge is 0.310 e. The zero-order valence-corrected chi connectivity index (χ0v) is 10.3. The normalized spacial score (nSPS) is 13.9. The topological polar surface area (TPSA) is 87.1 Å². The van der Waals surface area contributed by atoms with Crippen molar-refractivity contribution in [2.45, 2.75) is 45.4 Å². The molecule has 0 radical (unpaired) electrons. The van der Waals surface area contributed by atoms with E-state index in [4.69, 9.17) is 5.41 Å². The van der Waals surface area contributed by atoms with Crippen LogP contribution in [0.15, 0.2) is 0 Å². The smallest absolute Gasteiger partial charge is 0.221 e. The predicted octanol–water partition coefficient (Wildman–Crippen LogP) is 0.702. The van der Waals surface area contributed by atoms with Crippen LogP contribution in [0.5, 0.6) is 0 Å². The lowest BCUT2D eigenvalue weighted by molar-refractivity contribution is -0.117. The molecule has 1 atom stereocenters. The Balaban J connectivity index is 4.63. The highest BCUT2D eigenvalue weighted by Crippen LogP contribution is 2.04. The minimum atomic E-state index is -3.60. The van der Waals surface area contributed by atoms with Crippen molar-refractivity contribution in [3.05, 3.63) is 0 Å². The summed E-state index contributed by atoms with van der Waals surface area (Å²) < 4.78 is 25.5. The van der Waals surface area contributed by atoms with Gasteiger partial charge in [0.2, 0.25) is 10.0 Å². The van der Waals surface area contributed by atoms with Crippen LogP contribution < -0.4 is 4.72 Å². The molecule has 88 valence electrons. The third-order valence-electron chi connectivity index (χ3n) is 1.76. The molecule has 0 aliphatic heterocycles. The van der Waals surface area contributed by atoms with E-state index in [1.54, 1.807) is 13.8 Å². The van der Waals surface area contributed by atoms with Crippen LogP contribution >= 0.6 is 0 Å². The molecule has 0 bridgehead atoms. The SMILES string of the molecule is CC(=N)CC(=O)C(C)S(=O)(=O)NC(C)C. The van der Waals surface area contributed by atoms with E-state index in [-0.39, 0.29) is 18.2 Å². The number of ketones is 1. The summed E-state index contributed by atoms with van der Waals surface area (Å²) >= 11 is 0. The summed E-state index contributed by atoms with van der Waals surface area (Å²) in [7, 11) is -3.60. The van der Waals surface area contributed by atoms with Crippen molar-refractivity contribution in [3.8, 4) is 0 Å². The molecule has 0 amide bonds. The van der Waals surface area contributed by atoms with Crippen molar-refractivity contribution in [2.24, 2.45) is 0 Å². The van der Waals surface area contributed by atoms with Crippen molar-refractivity contribution in [1.29, 1.82) is 5.41 Å². The van der Waals surface area contributed by atoms with Gasteiger partial charge in [-0.05, 0) is 27.7 Å². The van der Waals surface area contributed by atoms with Gasteiger partial charge in [-0.3, -0.25) is 4.79 Å². The number of hydrogen-bond donors (Lipinski definition) is 2. The second kappa shape index (κ2) is 5.37. The first-order chi connectivity index (χ1) is 6.66. The molecule has 0 aliphatic carbocycles. The quantitative estimate of drug-likeness (QED) is 0.663. The molecule has 0 heterocycles. The van der Waals surface area contributed by atoms with Gasteiger partial charge in [0.05, 0.1) is 0 Å². The fourth-order valence-corrected chi connectivity index (χ4v) is 2.30. The molecule has 6 heteroatoms. The summed E-state index contributed by atoms with van der Waals surface area (Å²) in [6, 6.07) is -0.230. The Kier molecular flexibility index (Phi) is 5.10. The van der Waals surface area contributed by atoms with Crippen LogP contribution in [0.4, 0.5) is 0 Å². The average molecular weight is 234 g/mol. The standard InChI is InChI=1S/C9H18N2O3S/c1-6(2)11-15(13,14)8(4)9(12)5-7(3)10/h6,8,10-11H,5H2,1-4H3. The molecular formula is C9H18N2O3S. The maximum Gasteiger partial charge on any atom is 0.221 e. The highest BCUT2D eigenvalue weighted by atomic mass is 32.2. The van der Waals surface area contributed by atoms with E-state index in [0.717, 1.165) is 0 Å². The third-order valence-corrected chi connectivity index (χ3v) is 3.75. The van der Waals surface area contributed by atoms with Crippen molar-refractivity contribution in [3.63, 3.8) is 0 Å². The Hall–Kier alpha value is -0.750. The summed E-state index contributed by atoms with van der Waals surface area (Å²) in [6.07, 6.45) is -0.111. The lowest BCUT2D eigenvalue weighted by atomic mass is 10.2. The van der Waals surface area contributed by atoms with E-state index in [1.165, 1.54) is 13.8 Å². The summed E-state index contributed by atoms with van der Waals surface area (Å²) in [6.45, 7) is 6.20. The van der Waals surface area contributed by atoms with Gasteiger partial charge in [-0.25, -0.2) is 13.1 Å². The summed E-state index contributed by atoms with van der Waals surface area (Å²) in [4.78, 5) is 11.4.